The molecule has 0 radical (unpaired) electrons. The maximum absolute atomic E-state index is 11.7. The van der Waals surface area contributed by atoms with Gasteiger partial charge in [-0.05, 0) is 31.4 Å². The highest BCUT2D eigenvalue weighted by atomic mass is 16.2. The van der Waals surface area contributed by atoms with Crippen LogP contribution in [0.4, 0.5) is 0 Å². The van der Waals surface area contributed by atoms with Gasteiger partial charge in [0.25, 0.3) is 0 Å². The molecule has 1 aliphatic heterocycles. The van der Waals surface area contributed by atoms with Gasteiger partial charge in [0.15, 0.2) is 0 Å². The highest BCUT2D eigenvalue weighted by molar-refractivity contribution is 5.76. The molecule has 0 aliphatic carbocycles. The summed E-state index contributed by atoms with van der Waals surface area (Å²) in [7, 11) is 0. The van der Waals surface area contributed by atoms with E-state index in [4.69, 9.17) is 0 Å². The summed E-state index contributed by atoms with van der Waals surface area (Å²) in [5, 5.41) is 0. The Morgan fingerprint density at radius 3 is 2.86 bits per heavy atom. The summed E-state index contributed by atoms with van der Waals surface area (Å²) < 4.78 is 0. The Hall–Kier alpha value is -1.25. The first-order chi connectivity index (χ1) is 6.86. The standard InChI is InChI=1S/C11H16N2O/c14-11(13-8-1-2-9-13)6-5-10-4-3-7-12-10/h3-4,7,12H,1-2,5-6,8-9H2. The quantitative estimate of drug-likeness (QED) is 0.775. The molecule has 0 spiro atoms. The molecule has 1 amide bonds. The third kappa shape index (κ3) is 2.16. The fourth-order valence-electron chi connectivity index (χ4n) is 1.89. The van der Waals surface area contributed by atoms with Gasteiger partial charge in [-0.15, -0.1) is 0 Å². The van der Waals surface area contributed by atoms with Crippen molar-refractivity contribution in [3.05, 3.63) is 24.0 Å². The second kappa shape index (κ2) is 4.31. The Labute approximate surface area is 84.1 Å². The van der Waals surface area contributed by atoms with Gasteiger partial charge >= 0.3 is 0 Å². The van der Waals surface area contributed by atoms with Crippen LogP contribution in [0.15, 0.2) is 18.3 Å². The Bertz CT molecular complexity index is 286. The molecule has 14 heavy (non-hydrogen) atoms. The summed E-state index contributed by atoms with van der Waals surface area (Å²) >= 11 is 0. The van der Waals surface area contributed by atoms with E-state index in [0.717, 1.165) is 25.2 Å². The SMILES string of the molecule is O=C(CCc1ccc[nH]1)N1CCCC1. The Balaban J connectivity index is 1.77. The zero-order valence-electron chi connectivity index (χ0n) is 8.33. The van der Waals surface area contributed by atoms with E-state index in [1.54, 1.807) is 0 Å². The molecule has 0 bridgehead atoms. The largest absolute Gasteiger partial charge is 0.365 e. The predicted molar refractivity (Wildman–Crippen MR) is 54.9 cm³/mol. The highest BCUT2D eigenvalue weighted by Crippen LogP contribution is 2.10. The monoisotopic (exact) mass is 192 g/mol. The van der Waals surface area contributed by atoms with Crippen molar-refractivity contribution in [2.24, 2.45) is 0 Å². The van der Waals surface area contributed by atoms with Gasteiger partial charge in [0, 0.05) is 31.4 Å². The van der Waals surface area contributed by atoms with Gasteiger partial charge in [-0.2, -0.15) is 0 Å². The molecule has 1 aromatic rings. The van der Waals surface area contributed by atoms with Crippen molar-refractivity contribution < 1.29 is 4.79 Å². The number of likely N-dealkylation sites (tertiary alicyclic amines) is 1. The van der Waals surface area contributed by atoms with Crippen molar-refractivity contribution in [2.75, 3.05) is 13.1 Å². The molecular weight excluding hydrogens is 176 g/mol. The number of amides is 1. The van der Waals surface area contributed by atoms with Crippen LogP contribution in [0.2, 0.25) is 0 Å². The summed E-state index contributed by atoms with van der Waals surface area (Å²) in [6.07, 6.45) is 5.72. The van der Waals surface area contributed by atoms with Crippen LogP contribution >= 0.6 is 0 Å². The Kier molecular flexibility index (Phi) is 2.87. The lowest BCUT2D eigenvalue weighted by atomic mass is 10.2. The van der Waals surface area contributed by atoms with Gasteiger partial charge in [-0.25, -0.2) is 0 Å². The molecule has 1 fully saturated rings. The number of aromatic amines is 1. The fourth-order valence-corrected chi connectivity index (χ4v) is 1.89. The number of hydrogen-bond acceptors (Lipinski definition) is 1. The van der Waals surface area contributed by atoms with Crippen LogP contribution in [0.25, 0.3) is 0 Å². The molecular formula is C11H16N2O. The Morgan fingerprint density at radius 2 is 2.21 bits per heavy atom. The lowest BCUT2D eigenvalue weighted by Crippen LogP contribution is -2.27. The van der Waals surface area contributed by atoms with Crippen LogP contribution < -0.4 is 0 Å². The fraction of sp³-hybridized carbons (Fsp3) is 0.545. The molecule has 3 heteroatoms. The smallest absolute Gasteiger partial charge is 0.222 e. The van der Waals surface area contributed by atoms with E-state index < -0.39 is 0 Å². The second-order valence-electron chi connectivity index (χ2n) is 3.78. The topological polar surface area (TPSA) is 36.1 Å². The maximum atomic E-state index is 11.7. The van der Waals surface area contributed by atoms with Gasteiger partial charge in [-0.1, -0.05) is 0 Å². The van der Waals surface area contributed by atoms with Gasteiger partial charge in [-0.3, -0.25) is 4.79 Å². The number of aryl methyl sites for hydroxylation is 1. The average Bonchev–Trinajstić information content (AvgIpc) is 2.87. The molecule has 1 aliphatic rings. The van der Waals surface area contributed by atoms with Crippen LogP contribution in [0.3, 0.4) is 0 Å². The summed E-state index contributed by atoms with van der Waals surface area (Å²) in [5.41, 5.74) is 1.15. The number of nitrogens with one attached hydrogen (secondary N) is 1. The molecule has 0 saturated carbocycles. The lowest BCUT2D eigenvalue weighted by Gasteiger charge is -2.14. The highest BCUT2D eigenvalue weighted by Gasteiger charge is 2.17. The molecule has 2 rings (SSSR count). The van der Waals surface area contributed by atoms with Crippen LogP contribution in [-0.4, -0.2) is 28.9 Å². The summed E-state index contributed by atoms with van der Waals surface area (Å²) in [6.45, 7) is 1.92. The van der Waals surface area contributed by atoms with Crippen molar-refractivity contribution in [1.82, 2.24) is 9.88 Å². The molecule has 76 valence electrons. The third-order valence-electron chi connectivity index (χ3n) is 2.73. The first-order valence-electron chi connectivity index (χ1n) is 5.26. The van der Waals surface area contributed by atoms with E-state index in [9.17, 15) is 4.79 Å². The number of nitrogens with zero attached hydrogens (tertiary/aromatic N) is 1. The summed E-state index contributed by atoms with van der Waals surface area (Å²) in [4.78, 5) is 16.7. The number of H-pyrrole nitrogens is 1. The number of carbonyl (C=O) groups excluding carboxylic acids is 1. The number of aromatic nitrogens is 1. The van der Waals surface area contributed by atoms with Gasteiger partial charge < -0.3 is 9.88 Å². The second-order valence-corrected chi connectivity index (χ2v) is 3.78. The van der Waals surface area contributed by atoms with Crippen LogP contribution in [0.1, 0.15) is 25.0 Å². The molecule has 1 aromatic heterocycles. The maximum Gasteiger partial charge on any atom is 0.222 e. The van der Waals surface area contributed by atoms with E-state index >= 15 is 0 Å². The number of rotatable bonds is 3. The minimum atomic E-state index is 0.303. The molecule has 1 saturated heterocycles. The van der Waals surface area contributed by atoms with Gasteiger partial charge in [0.05, 0.1) is 0 Å². The van der Waals surface area contributed by atoms with Crippen LogP contribution in [0.5, 0.6) is 0 Å². The molecule has 0 atom stereocenters. The predicted octanol–water partition coefficient (Wildman–Crippen LogP) is 1.57. The molecule has 0 aromatic carbocycles. The minimum absolute atomic E-state index is 0.303. The first kappa shape index (κ1) is 9.31. The van der Waals surface area contributed by atoms with Gasteiger partial charge in [0.1, 0.15) is 0 Å². The average molecular weight is 192 g/mol. The van der Waals surface area contributed by atoms with E-state index in [-0.39, 0.29) is 0 Å². The van der Waals surface area contributed by atoms with Crippen LogP contribution in [0, 0.1) is 0 Å². The van der Waals surface area contributed by atoms with E-state index in [0.29, 0.717) is 12.3 Å². The summed E-state index contributed by atoms with van der Waals surface area (Å²) in [6, 6.07) is 3.99. The van der Waals surface area contributed by atoms with Crippen molar-refractivity contribution in [1.29, 1.82) is 0 Å². The Morgan fingerprint density at radius 1 is 1.43 bits per heavy atom. The lowest BCUT2D eigenvalue weighted by molar-refractivity contribution is -0.130. The van der Waals surface area contributed by atoms with E-state index in [1.807, 2.05) is 23.2 Å². The zero-order chi connectivity index (χ0) is 9.80. The van der Waals surface area contributed by atoms with Crippen LogP contribution in [-0.2, 0) is 11.2 Å². The zero-order valence-corrected chi connectivity index (χ0v) is 8.33. The number of hydrogen-bond donors (Lipinski definition) is 1. The first-order valence-corrected chi connectivity index (χ1v) is 5.26. The van der Waals surface area contributed by atoms with E-state index in [1.165, 1.54) is 12.8 Å². The normalized spacial score (nSPS) is 16.1. The van der Waals surface area contributed by atoms with Crippen molar-refractivity contribution in [3.63, 3.8) is 0 Å². The third-order valence-corrected chi connectivity index (χ3v) is 2.73. The van der Waals surface area contributed by atoms with Gasteiger partial charge in [0.2, 0.25) is 5.91 Å². The molecule has 1 N–H and O–H groups in total. The molecule has 2 heterocycles. The minimum Gasteiger partial charge on any atom is -0.365 e. The van der Waals surface area contributed by atoms with Crippen molar-refractivity contribution in [2.45, 2.75) is 25.7 Å². The molecule has 0 unspecified atom stereocenters. The van der Waals surface area contributed by atoms with Crippen molar-refractivity contribution >= 4 is 5.91 Å². The van der Waals surface area contributed by atoms with Crippen molar-refractivity contribution in [3.8, 4) is 0 Å². The number of carbonyl (C=O) groups is 1. The summed E-state index contributed by atoms with van der Waals surface area (Å²) in [5.74, 6) is 0.303. The molecule has 3 nitrogen and oxygen atoms in total. The van der Waals surface area contributed by atoms with E-state index in [2.05, 4.69) is 4.98 Å².